The molecular weight excluding hydrogens is 230 g/mol. The smallest absolute Gasteiger partial charge is 0.240 e. The zero-order valence-electron chi connectivity index (χ0n) is 10.7. The lowest BCUT2D eigenvalue weighted by atomic mass is 9.63. The maximum absolute atomic E-state index is 11.9. The van der Waals surface area contributed by atoms with E-state index in [1.165, 1.54) is 0 Å². The fraction of sp³-hybridized carbons (Fsp3) is 0.769. The molecule has 0 saturated heterocycles. The Hall–Kier alpha value is -1.57. The Morgan fingerprint density at radius 3 is 2.56 bits per heavy atom. The summed E-state index contributed by atoms with van der Waals surface area (Å²) in [7, 11) is 0. The van der Waals surface area contributed by atoms with Crippen LogP contribution in [0.2, 0.25) is 0 Å². The van der Waals surface area contributed by atoms with Crippen LogP contribution in [0.4, 0.5) is 0 Å². The molecule has 0 atom stereocenters. The van der Waals surface area contributed by atoms with Crippen molar-refractivity contribution < 1.29 is 9.59 Å². The number of amides is 2. The van der Waals surface area contributed by atoms with Gasteiger partial charge in [0.1, 0.15) is 5.41 Å². The highest BCUT2D eigenvalue weighted by Gasteiger charge is 2.48. The summed E-state index contributed by atoms with van der Waals surface area (Å²) in [6.45, 7) is 2.35. The first-order chi connectivity index (χ1) is 8.55. The van der Waals surface area contributed by atoms with E-state index < -0.39 is 5.41 Å². The van der Waals surface area contributed by atoms with Crippen molar-refractivity contribution in [1.82, 2.24) is 10.6 Å². The topological polar surface area (TPSA) is 82.0 Å². The maximum atomic E-state index is 11.9. The fourth-order valence-corrected chi connectivity index (χ4v) is 2.44. The van der Waals surface area contributed by atoms with Crippen molar-refractivity contribution in [1.29, 1.82) is 5.26 Å². The van der Waals surface area contributed by atoms with Crippen LogP contribution in [0.5, 0.6) is 0 Å². The van der Waals surface area contributed by atoms with Gasteiger partial charge in [0.15, 0.2) is 0 Å². The highest BCUT2D eigenvalue weighted by molar-refractivity contribution is 5.87. The minimum Gasteiger partial charge on any atom is -0.354 e. The van der Waals surface area contributed by atoms with Crippen LogP contribution in [0.25, 0.3) is 0 Å². The molecule has 5 nitrogen and oxygen atoms in total. The van der Waals surface area contributed by atoms with Crippen molar-refractivity contribution in [3.63, 3.8) is 0 Å². The zero-order valence-corrected chi connectivity index (χ0v) is 10.7. The molecule has 0 bridgehead atoms. The van der Waals surface area contributed by atoms with E-state index >= 15 is 0 Å². The van der Waals surface area contributed by atoms with Gasteiger partial charge in [-0.15, -0.1) is 0 Å². The van der Waals surface area contributed by atoms with Gasteiger partial charge in [-0.2, -0.15) is 5.26 Å². The largest absolute Gasteiger partial charge is 0.354 e. The number of carbonyl (C=O) groups excluding carboxylic acids is 2. The minimum absolute atomic E-state index is 0.0224. The molecule has 2 fully saturated rings. The normalized spacial score (nSPS) is 29.9. The Bertz CT molecular complexity index is 390. The molecule has 0 unspecified atom stereocenters. The molecule has 0 aromatic carbocycles. The van der Waals surface area contributed by atoms with Crippen molar-refractivity contribution in [3.8, 4) is 6.07 Å². The average molecular weight is 249 g/mol. The first-order valence-corrected chi connectivity index (χ1v) is 6.55. The molecule has 5 heteroatoms. The Morgan fingerprint density at radius 1 is 1.39 bits per heavy atom. The molecule has 0 radical (unpaired) electrons. The first-order valence-electron chi connectivity index (χ1n) is 6.55. The van der Waals surface area contributed by atoms with E-state index in [9.17, 15) is 9.59 Å². The Morgan fingerprint density at radius 2 is 2.06 bits per heavy atom. The number of hydrogen-bond acceptors (Lipinski definition) is 3. The number of nitriles is 1. The van der Waals surface area contributed by atoms with Crippen molar-refractivity contribution in [2.24, 2.45) is 11.3 Å². The summed E-state index contributed by atoms with van der Waals surface area (Å²) < 4.78 is 0. The van der Waals surface area contributed by atoms with Gasteiger partial charge >= 0.3 is 0 Å². The van der Waals surface area contributed by atoms with Crippen LogP contribution < -0.4 is 10.6 Å². The third-order valence-electron chi connectivity index (χ3n) is 3.62. The molecule has 0 heterocycles. The van der Waals surface area contributed by atoms with Crippen LogP contribution in [0.15, 0.2) is 0 Å². The molecule has 0 aliphatic heterocycles. The van der Waals surface area contributed by atoms with Crippen molar-refractivity contribution in [2.75, 3.05) is 6.54 Å². The predicted molar refractivity (Wildman–Crippen MR) is 65.2 cm³/mol. The Labute approximate surface area is 107 Å². The van der Waals surface area contributed by atoms with Crippen molar-refractivity contribution >= 4 is 11.8 Å². The second kappa shape index (κ2) is 4.97. The lowest BCUT2D eigenvalue weighted by molar-refractivity contribution is -0.134. The summed E-state index contributed by atoms with van der Waals surface area (Å²) in [5.74, 6) is 0.196. The standard InChI is InChI=1S/C13H19N3O2/c1-9-6-13(7-9,8-14)12(18)15-5-4-11(17)16-10-2-3-10/h9-10H,2-7H2,1H3,(H,15,18)(H,16,17). The second-order valence-corrected chi connectivity index (χ2v) is 5.56. The van der Waals surface area contributed by atoms with E-state index in [4.69, 9.17) is 5.26 Å². The lowest BCUT2D eigenvalue weighted by Gasteiger charge is -2.39. The van der Waals surface area contributed by atoms with E-state index in [0.717, 1.165) is 12.8 Å². The van der Waals surface area contributed by atoms with Crippen LogP contribution in [-0.4, -0.2) is 24.4 Å². The Kier molecular flexibility index (Phi) is 3.55. The summed E-state index contributed by atoms with van der Waals surface area (Å²) in [5.41, 5.74) is -0.841. The van der Waals surface area contributed by atoms with Gasteiger partial charge in [-0.05, 0) is 31.6 Å². The van der Waals surface area contributed by atoms with Gasteiger partial charge in [-0.25, -0.2) is 0 Å². The van der Waals surface area contributed by atoms with Gasteiger partial charge < -0.3 is 10.6 Å². The molecule has 2 rings (SSSR count). The number of hydrogen-bond donors (Lipinski definition) is 2. The van der Waals surface area contributed by atoms with Crippen LogP contribution in [0.3, 0.4) is 0 Å². The van der Waals surface area contributed by atoms with E-state index in [0.29, 0.717) is 37.8 Å². The first kappa shape index (κ1) is 12.9. The number of nitrogens with one attached hydrogen (secondary N) is 2. The van der Waals surface area contributed by atoms with Gasteiger partial charge in [0.25, 0.3) is 0 Å². The van der Waals surface area contributed by atoms with Crippen molar-refractivity contribution in [3.05, 3.63) is 0 Å². The maximum Gasteiger partial charge on any atom is 0.240 e. The summed E-state index contributed by atoms with van der Waals surface area (Å²) >= 11 is 0. The zero-order chi connectivity index (χ0) is 13.2. The van der Waals surface area contributed by atoms with Gasteiger partial charge in [-0.1, -0.05) is 6.92 Å². The number of rotatable bonds is 5. The average Bonchev–Trinajstić information content (AvgIpc) is 3.08. The minimum atomic E-state index is -0.841. The summed E-state index contributed by atoms with van der Waals surface area (Å²) in [6.07, 6.45) is 3.67. The predicted octanol–water partition coefficient (Wildman–Crippen LogP) is 0.711. The van der Waals surface area contributed by atoms with E-state index in [1.54, 1.807) is 0 Å². The molecular formula is C13H19N3O2. The van der Waals surface area contributed by atoms with E-state index in [1.807, 2.05) is 6.92 Å². The second-order valence-electron chi connectivity index (χ2n) is 5.56. The quantitative estimate of drug-likeness (QED) is 0.753. The van der Waals surface area contributed by atoms with Crippen LogP contribution in [0, 0.1) is 22.7 Å². The number of nitrogens with zero attached hydrogens (tertiary/aromatic N) is 1. The number of carbonyl (C=O) groups is 2. The van der Waals surface area contributed by atoms with Crippen molar-refractivity contribution in [2.45, 2.75) is 45.1 Å². The molecule has 2 amide bonds. The molecule has 0 spiro atoms. The third-order valence-corrected chi connectivity index (χ3v) is 3.62. The van der Waals surface area contributed by atoms with Gasteiger partial charge in [0.05, 0.1) is 6.07 Å². The summed E-state index contributed by atoms with van der Waals surface area (Å²) in [4.78, 5) is 23.3. The SMILES string of the molecule is CC1CC(C#N)(C(=O)NCCC(=O)NC2CC2)C1. The van der Waals surface area contributed by atoms with Crippen LogP contribution >= 0.6 is 0 Å². The van der Waals surface area contributed by atoms with E-state index in [-0.39, 0.29) is 11.8 Å². The molecule has 2 aliphatic rings. The molecule has 0 aromatic rings. The van der Waals surface area contributed by atoms with Gasteiger partial charge in [-0.3, -0.25) is 9.59 Å². The fourth-order valence-electron chi connectivity index (χ4n) is 2.44. The highest BCUT2D eigenvalue weighted by Crippen LogP contribution is 2.44. The molecule has 2 saturated carbocycles. The molecule has 2 aliphatic carbocycles. The molecule has 18 heavy (non-hydrogen) atoms. The Balaban J connectivity index is 1.68. The third kappa shape index (κ3) is 2.81. The van der Waals surface area contributed by atoms with Gasteiger partial charge in [0, 0.05) is 19.0 Å². The lowest BCUT2D eigenvalue weighted by Crippen LogP contribution is -2.48. The molecule has 98 valence electrons. The van der Waals surface area contributed by atoms with Gasteiger partial charge in [0.2, 0.25) is 11.8 Å². The summed E-state index contributed by atoms with van der Waals surface area (Å²) in [6, 6.07) is 2.47. The van der Waals surface area contributed by atoms with Crippen LogP contribution in [0.1, 0.15) is 39.0 Å². The summed E-state index contributed by atoms with van der Waals surface area (Å²) in [5, 5.41) is 14.6. The molecule has 0 aromatic heterocycles. The molecule has 2 N–H and O–H groups in total. The highest BCUT2D eigenvalue weighted by atomic mass is 16.2. The monoisotopic (exact) mass is 249 g/mol. The van der Waals surface area contributed by atoms with Crippen LogP contribution in [-0.2, 0) is 9.59 Å². The van der Waals surface area contributed by atoms with E-state index in [2.05, 4.69) is 16.7 Å².